The number of rotatable bonds is 61. The van der Waals surface area contributed by atoms with Crippen molar-refractivity contribution < 1.29 is 24.5 Å². The second kappa shape index (κ2) is 62.6. The molecule has 0 spiro atoms. The number of hydrogen-bond acceptors (Lipinski definition) is 5. The third kappa shape index (κ3) is 59.2. The summed E-state index contributed by atoms with van der Waals surface area (Å²) >= 11 is 0. The molecule has 6 heteroatoms. The predicted octanol–water partition coefficient (Wildman–Crippen LogP) is 20.8. The van der Waals surface area contributed by atoms with Crippen LogP contribution in [0.2, 0.25) is 0 Å². The van der Waals surface area contributed by atoms with Crippen molar-refractivity contribution in [1.82, 2.24) is 5.32 Å². The summed E-state index contributed by atoms with van der Waals surface area (Å²) in [4.78, 5) is 24.6. The molecule has 0 radical (unpaired) electrons. The zero-order valence-corrected chi connectivity index (χ0v) is 49.1. The number of hydrogen-bond donors (Lipinski definition) is 3. The Kier molecular flexibility index (Phi) is 61.0. The van der Waals surface area contributed by atoms with E-state index in [4.69, 9.17) is 4.74 Å². The lowest BCUT2D eigenvalue weighted by Crippen LogP contribution is -2.45. The molecule has 0 aliphatic rings. The van der Waals surface area contributed by atoms with Gasteiger partial charge in [-0.1, -0.05) is 314 Å². The highest BCUT2D eigenvalue weighted by Gasteiger charge is 2.18. The van der Waals surface area contributed by atoms with E-state index in [0.717, 1.165) is 51.4 Å². The number of ether oxygens (including phenoxy) is 1. The van der Waals surface area contributed by atoms with Gasteiger partial charge in [0.15, 0.2) is 0 Å². The monoisotopic (exact) mass is 1030 g/mol. The smallest absolute Gasteiger partial charge is 0.305 e. The van der Waals surface area contributed by atoms with Crippen molar-refractivity contribution in [3.63, 3.8) is 0 Å². The van der Waals surface area contributed by atoms with Gasteiger partial charge in [0.1, 0.15) is 0 Å². The average molecular weight is 1030 g/mol. The fourth-order valence-electron chi connectivity index (χ4n) is 10.1. The molecule has 0 aliphatic carbocycles. The van der Waals surface area contributed by atoms with E-state index in [1.165, 1.54) is 276 Å². The van der Waals surface area contributed by atoms with Crippen molar-refractivity contribution in [3.8, 4) is 0 Å². The van der Waals surface area contributed by atoms with Crippen LogP contribution in [0.15, 0.2) is 36.5 Å². The van der Waals surface area contributed by atoms with E-state index in [-0.39, 0.29) is 18.5 Å². The average Bonchev–Trinajstić information content (AvgIpc) is 3.39. The standard InChI is InChI=1S/C67H127NO5/c1-3-5-7-9-11-13-15-17-19-21-22-24-28-31-35-39-43-47-51-55-59-65(70)64(63-69)68-66(71)60-56-52-48-44-40-36-32-29-25-23-26-30-34-38-42-46-50-54-58-62-73-67(72)61-57-53-49-45-41-37-33-27-20-18-16-14-12-10-8-6-4-2/h12,14,18,20,55,59,64-65,69-70H,3-11,13,15-17,19,21-54,56-58,60-63H2,1-2H3,(H,68,71)/b14-12-,20-18-,59-55+. The van der Waals surface area contributed by atoms with Gasteiger partial charge in [-0.25, -0.2) is 0 Å². The lowest BCUT2D eigenvalue weighted by Gasteiger charge is -2.20. The Balaban J connectivity index is 3.43. The molecule has 0 aromatic heterocycles. The van der Waals surface area contributed by atoms with Crippen LogP contribution in [-0.2, 0) is 14.3 Å². The Morgan fingerprint density at radius 3 is 1.07 bits per heavy atom. The van der Waals surface area contributed by atoms with E-state index < -0.39 is 12.1 Å². The van der Waals surface area contributed by atoms with E-state index in [0.29, 0.717) is 19.4 Å². The van der Waals surface area contributed by atoms with Crippen molar-refractivity contribution in [1.29, 1.82) is 0 Å². The van der Waals surface area contributed by atoms with Gasteiger partial charge >= 0.3 is 5.97 Å². The number of allylic oxidation sites excluding steroid dienone is 5. The Morgan fingerprint density at radius 2 is 0.685 bits per heavy atom. The number of aliphatic hydroxyl groups is 2. The van der Waals surface area contributed by atoms with Gasteiger partial charge in [-0.2, -0.15) is 0 Å². The minimum absolute atomic E-state index is 0.000974. The molecule has 3 N–H and O–H groups in total. The number of carbonyl (C=O) groups excluding carboxylic acids is 2. The van der Waals surface area contributed by atoms with Crippen LogP contribution in [0, 0.1) is 0 Å². The van der Waals surface area contributed by atoms with Crippen molar-refractivity contribution in [3.05, 3.63) is 36.5 Å². The van der Waals surface area contributed by atoms with Crippen LogP contribution in [-0.4, -0.2) is 47.4 Å². The molecular weight excluding hydrogens is 899 g/mol. The fourth-order valence-corrected chi connectivity index (χ4v) is 10.1. The van der Waals surface area contributed by atoms with Crippen molar-refractivity contribution >= 4 is 11.9 Å². The number of amides is 1. The van der Waals surface area contributed by atoms with Gasteiger partial charge in [0.25, 0.3) is 0 Å². The lowest BCUT2D eigenvalue weighted by molar-refractivity contribution is -0.143. The molecule has 0 saturated carbocycles. The maximum atomic E-state index is 12.5. The summed E-state index contributed by atoms with van der Waals surface area (Å²) < 4.78 is 5.49. The summed E-state index contributed by atoms with van der Waals surface area (Å²) in [5, 5.41) is 23.2. The highest BCUT2D eigenvalue weighted by molar-refractivity contribution is 5.76. The van der Waals surface area contributed by atoms with E-state index in [9.17, 15) is 19.8 Å². The Morgan fingerprint density at radius 1 is 0.384 bits per heavy atom. The quantitative estimate of drug-likeness (QED) is 0.0320. The Hall–Kier alpha value is -1.92. The van der Waals surface area contributed by atoms with E-state index in [1.54, 1.807) is 6.08 Å². The number of unbranched alkanes of at least 4 members (excludes halogenated alkanes) is 46. The summed E-state index contributed by atoms with van der Waals surface area (Å²) in [6.45, 7) is 4.89. The van der Waals surface area contributed by atoms with Crippen molar-refractivity contribution in [2.24, 2.45) is 0 Å². The third-order valence-corrected chi connectivity index (χ3v) is 15.2. The first-order valence-electron chi connectivity index (χ1n) is 32.8. The zero-order valence-electron chi connectivity index (χ0n) is 49.1. The first kappa shape index (κ1) is 71.1. The van der Waals surface area contributed by atoms with Crippen LogP contribution >= 0.6 is 0 Å². The largest absolute Gasteiger partial charge is 0.466 e. The minimum atomic E-state index is -0.848. The first-order valence-corrected chi connectivity index (χ1v) is 32.8. The van der Waals surface area contributed by atoms with Crippen LogP contribution in [0.4, 0.5) is 0 Å². The molecule has 0 fully saturated rings. The van der Waals surface area contributed by atoms with E-state index >= 15 is 0 Å². The fraction of sp³-hybridized carbons (Fsp3) is 0.881. The van der Waals surface area contributed by atoms with Crippen LogP contribution in [0.3, 0.4) is 0 Å². The summed E-state index contributed by atoms with van der Waals surface area (Å²) in [5.41, 5.74) is 0. The number of esters is 1. The maximum absolute atomic E-state index is 12.5. The number of nitrogens with one attached hydrogen (secondary N) is 1. The number of aliphatic hydroxyl groups excluding tert-OH is 2. The lowest BCUT2D eigenvalue weighted by atomic mass is 10.0. The number of carbonyl (C=O) groups is 2. The zero-order chi connectivity index (χ0) is 52.9. The van der Waals surface area contributed by atoms with Crippen molar-refractivity contribution in [2.45, 2.75) is 366 Å². The topological polar surface area (TPSA) is 95.9 Å². The summed E-state index contributed by atoms with van der Waals surface area (Å²) in [5.74, 6) is -0.0672. The van der Waals surface area contributed by atoms with Crippen LogP contribution in [0.25, 0.3) is 0 Å². The molecule has 0 rings (SSSR count). The molecule has 0 bridgehead atoms. The molecule has 0 aliphatic heterocycles. The molecule has 6 nitrogen and oxygen atoms in total. The molecule has 430 valence electrons. The predicted molar refractivity (Wildman–Crippen MR) is 319 cm³/mol. The van der Waals surface area contributed by atoms with Gasteiger partial charge in [-0.05, 0) is 64.2 Å². The minimum Gasteiger partial charge on any atom is -0.466 e. The Labute approximate surface area is 455 Å². The molecular formula is C67H127NO5. The SMILES string of the molecule is CCCCC/C=C\C/C=C\CCCCCCCCCC(=O)OCCCCCCCCCCCCCCCCCCCCCC(=O)NC(CO)C(O)/C=C/CCCCCCCCCCCCCCCCCCCC. The second-order valence-electron chi connectivity index (χ2n) is 22.5. The van der Waals surface area contributed by atoms with Gasteiger partial charge in [0.05, 0.1) is 25.4 Å². The highest BCUT2D eigenvalue weighted by atomic mass is 16.5. The van der Waals surface area contributed by atoms with Crippen LogP contribution < -0.4 is 5.32 Å². The molecule has 0 heterocycles. The summed E-state index contributed by atoms with van der Waals surface area (Å²) in [7, 11) is 0. The summed E-state index contributed by atoms with van der Waals surface area (Å²) in [6, 6.07) is -0.631. The van der Waals surface area contributed by atoms with Gasteiger partial charge in [0, 0.05) is 12.8 Å². The van der Waals surface area contributed by atoms with Crippen LogP contribution in [0.5, 0.6) is 0 Å². The summed E-state index contributed by atoms with van der Waals surface area (Å²) in [6.07, 6.45) is 79.0. The second-order valence-corrected chi connectivity index (χ2v) is 22.5. The van der Waals surface area contributed by atoms with Gasteiger partial charge < -0.3 is 20.3 Å². The molecule has 73 heavy (non-hydrogen) atoms. The molecule has 0 aromatic rings. The highest BCUT2D eigenvalue weighted by Crippen LogP contribution is 2.18. The first-order chi connectivity index (χ1) is 36.0. The maximum Gasteiger partial charge on any atom is 0.305 e. The third-order valence-electron chi connectivity index (χ3n) is 15.2. The molecule has 2 atom stereocenters. The molecule has 0 aromatic carbocycles. The van der Waals surface area contributed by atoms with Crippen LogP contribution in [0.1, 0.15) is 354 Å². The van der Waals surface area contributed by atoms with Crippen molar-refractivity contribution in [2.75, 3.05) is 13.2 Å². The van der Waals surface area contributed by atoms with Gasteiger partial charge in [-0.3, -0.25) is 9.59 Å². The normalized spacial score (nSPS) is 12.8. The Bertz CT molecular complexity index is 1180. The van der Waals surface area contributed by atoms with Gasteiger partial charge in [-0.15, -0.1) is 0 Å². The molecule has 2 unspecified atom stereocenters. The molecule has 1 amide bonds. The van der Waals surface area contributed by atoms with E-state index in [2.05, 4.69) is 43.5 Å². The molecule has 0 saturated heterocycles. The van der Waals surface area contributed by atoms with Gasteiger partial charge in [0.2, 0.25) is 5.91 Å². The van der Waals surface area contributed by atoms with E-state index in [1.807, 2.05) is 6.08 Å².